The summed E-state index contributed by atoms with van der Waals surface area (Å²) >= 11 is 0. The van der Waals surface area contributed by atoms with Crippen molar-refractivity contribution in [1.29, 1.82) is 0 Å². The monoisotopic (exact) mass is 223 g/mol. The van der Waals surface area contributed by atoms with Crippen molar-refractivity contribution in [3.05, 3.63) is 35.4 Å². The average Bonchev–Trinajstić information content (AvgIpc) is 2.28. The molecular weight excluding hydrogens is 202 g/mol. The maximum absolute atomic E-state index is 8.92. The van der Waals surface area contributed by atoms with Crippen LogP contribution < -0.4 is 5.32 Å². The molecule has 0 fully saturated rings. The molecule has 0 saturated heterocycles. The summed E-state index contributed by atoms with van der Waals surface area (Å²) in [5.74, 6) is 0. The van der Waals surface area contributed by atoms with E-state index in [4.69, 9.17) is 9.84 Å². The van der Waals surface area contributed by atoms with E-state index in [9.17, 15) is 0 Å². The number of methoxy groups -OCH3 is 1. The van der Waals surface area contributed by atoms with Gasteiger partial charge in [-0.3, -0.25) is 0 Å². The summed E-state index contributed by atoms with van der Waals surface area (Å²) in [5.41, 5.74) is 2.58. The third-order valence-electron chi connectivity index (χ3n) is 2.69. The van der Waals surface area contributed by atoms with E-state index in [-0.39, 0.29) is 12.6 Å². The quantitative estimate of drug-likeness (QED) is 0.735. The zero-order chi connectivity index (χ0) is 11.8. The predicted molar refractivity (Wildman–Crippen MR) is 65.4 cm³/mol. The van der Waals surface area contributed by atoms with Crippen LogP contribution in [0.5, 0.6) is 0 Å². The fourth-order valence-corrected chi connectivity index (χ4v) is 1.66. The Morgan fingerprint density at radius 3 is 2.75 bits per heavy atom. The molecule has 16 heavy (non-hydrogen) atoms. The molecule has 90 valence electrons. The Bertz CT molecular complexity index is 296. The number of aliphatic hydroxyl groups is 1. The Kier molecular flexibility index (Phi) is 6.08. The van der Waals surface area contributed by atoms with Gasteiger partial charge in [0.1, 0.15) is 0 Å². The molecule has 0 aliphatic rings. The molecule has 0 heterocycles. The van der Waals surface area contributed by atoms with Crippen molar-refractivity contribution >= 4 is 0 Å². The largest absolute Gasteiger partial charge is 0.396 e. The van der Waals surface area contributed by atoms with Crippen molar-refractivity contribution in [2.24, 2.45) is 0 Å². The summed E-state index contributed by atoms with van der Waals surface area (Å²) in [6.45, 7) is 3.75. The van der Waals surface area contributed by atoms with E-state index < -0.39 is 0 Å². The summed E-state index contributed by atoms with van der Waals surface area (Å²) in [6.07, 6.45) is 0.722. The molecule has 0 spiro atoms. The van der Waals surface area contributed by atoms with Gasteiger partial charge in [0.2, 0.25) is 0 Å². The third-order valence-corrected chi connectivity index (χ3v) is 2.69. The minimum atomic E-state index is 0.189. The van der Waals surface area contributed by atoms with Gasteiger partial charge in [0.05, 0.1) is 6.61 Å². The van der Waals surface area contributed by atoms with Crippen LogP contribution in [-0.4, -0.2) is 31.5 Å². The molecule has 1 aromatic rings. The molecule has 1 aromatic carbocycles. The number of ether oxygens (including phenoxy) is 1. The van der Waals surface area contributed by atoms with Gasteiger partial charge in [-0.2, -0.15) is 0 Å². The molecule has 0 aliphatic carbocycles. The van der Waals surface area contributed by atoms with Gasteiger partial charge >= 0.3 is 0 Å². The molecule has 1 unspecified atom stereocenters. The van der Waals surface area contributed by atoms with E-state index in [1.54, 1.807) is 7.11 Å². The number of aliphatic hydroxyl groups excluding tert-OH is 1. The van der Waals surface area contributed by atoms with Crippen molar-refractivity contribution in [1.82, 2.24) is 5.32 Å². The highest BCUT2D eigenvalue weighted by molar-refractivity contribution is 5.25. The van der Waals surface area contributed by atoms with Gasteiger partial charge in [0, 0.05) is 26.3 Å². The van der Waals surface area contributed by atoms with Crippen LogP contribution in [0.1, 0.15) is 17.5 Å². The second kappa shape index (κ2) is 7.39. The zero-order valence-electron chi connectivity index (χ0n) is 10.1. The first-order valence-corrected chi connectivity index (χ1v) is 5.65. The molecular formula is C13H21NO2. The minimum absolute atomic E-state index is 0.189. The Hall–Kier alpha value is -0.900. The molecule has 2 N–H and O–H groups in total. The highest BCUT2D eigenvalue weighted by atomic mass is 16.5. The van der Waals surface area contributed by atoms with Crippen LogP contribution in [0.2, 0.25) is 0 Å². The Balaban J connectivity index is 2.45. The first kappa shape index (κ1) is 13.2. The number of rotatable bonds is 7. The normalized spacial score (nSPS) is 12.7. The lowest BCUT2D eigenvalue weighted by Crippen LogP contribution is -2.33. The van der Waals surface area contributed by atoms with Gasteiger partial charge in [-0.15, -0.1) is 0 Å². The molecule has 1 rings (SSSR count). The lowest BCUT2D eigenvalue weighted by molar-refractivity contribution is 0.148. The van der Waals surface area contributed by atoms with Gasteiger partial charge in [-0.1, -0.05) is 24.3 Å². The minimum Gasteiger partial charge on any atom is -0.396 e. The van der Waals surface area contributed by atoms with E-state index in [1.165, 1.54) is 11.1 Å². The van der Waals surface area contributed by atoms with Crippen molar-refractivity contribution in [3.8, 4) is 0 Å². The van der Waals surface area contributed by atoms with Crippen molar-refractivity contribution in [3.63, 3.8) is 0 Å². The maximum atomic E-state index is 8.92. The first-order valence-electron chi connectivity index (χ1n) is 5.65. The molecule has 0 aliphatic heterocycles. The standard InChI is InChI=1S/C13H21NO2/c1-11-5-3-4-6-12(11)9-14-13(7-8-15)10-16-2/h3-6,13-15H,7-10H2,1-2H3. The SMILES string of the molecule is COCC(CCO)NCc1ccccc1C. The van der Waals surface area contributed by atoms with E-state index in [2.05, 4.69) is 24.4 Å². The summed E-state index contributed by atoms with van der Waals surface area (Å²) in [4.78, 5) is 0. The molecule has 3 nitrogen and oxygen atoms in total. The fraction of sp³-hybridized carbons (Fsp3) is 0.538. The Morgan fingerprint density at radius 2 is 2.12 bits per heavy atom. The van der Waals surface area contributed by atoms with Crippen LogP contribution in [0, 0.1) is 6.92 Å². The number of nitrogens with one attached hydrogen (secondary N) is 1. The molecule has 1 atom stereocenters. The van der Waals surface area contributed by atoms with Gasteiger partial charge in [-0.25, -0.2) is 0 Å². The number of aryl methyl sites for hydroxylation is 1. The van der Waals surface area contributed by atoms with Crippen molar-refractivity contribution in [2.45, 2.75) is 25.9 Å². The van der Waals surface area contributed by atoms with Gasteiger partial charge in [0.15, 0.2) is 0 Å². The van der Waals surface area contributed by atoms with E-state index in [0.717, 1.165) is 13.0 Å². The smallest absolute Gasteiger partial charge is 0.0616 e. The van der Waals surface area contributed by atoms with Gasteiger partial charge in [0.25, 0.3) is 0 Å². The average molecular weight is 223 g/mol. The van der Waals surface area contributed by atoms with Crippen molar-refractivity contribution in [2.75, 3.05) is 20.3 Å². The van der Waals surface area contributed by atoms with Crippen LogP contribution in [0.3, 0.4) is 0 Å². The van der Waals surface area contributed by atoms with Crippen LogP contribution in [0.4, 0.5) is 0 Å². The second-order valence-corrected chi connectivity index (χ2v) is 3.97. The van der Waals surface area contributed by atoms with Gasteiger partial charge < -0.3 is 15.2 Å². The number of benzene rings is 1. The van der Waals surface area contributed by atoms with Crippen LogP contribution in [-0.2, 0) is 11.3 Å². The predicted octanol–water partition coefficient (Wildman–Crippen LogP) is 1.48. The molecule has 0 bridgehead atoms. The second-order valence-electron chi connectivity index (χ2n) is 3.97. The van der Waals surface area contributed by atoms with E-state index in [0.29, 0.717) is 6.61 Å². The van der Waals surface area contributed by atoms with Crippen LogP contribution in [0.15, 0.2) is 24.3 Å². The van der Waals surface area contributed by atoms with Crippen LogP contribution >= 0.6 is 0 Å². The van der Waals surface area contributed by atoms with E-state index >= 15 is 0 Å². The summed E-state index contributed by atoms with van der Waals surface area (Å²) in [7, 11) is 1.68. The highest BCUT2D eigenvalue weighted by Gasteiger charge is 2.07. The topological polar surface area (TPSA) is 41.5 Å². The molecule has 0 amide bonds. The van der Waals surface area contributed by atoms with E-state index in [1.807, 2.05) is 12.1 Å². The summed E-state index contributed by atoms with van der Waals surface area (Å²) in [6, 6.07) is 8.52. The Morgan fingerprint density at radius 1 is 1.38 bits per heavy atom. The van der Waals surface area contributed by atoms with Crippen LogP contribution in [0.25, 0.3) is 0 Å². The van der Waals surface area contributed by atoms with Gasteiger partial charge in [-0.05, 0) is 24.5 Å². The first-order chi connectivity index (χ1) is 7.77. The lowest BCUT2D eigenvalue weighted by Gasteiger charge is -2.17. The zero-order valence-corrected chi connectivity index (χ0v) is 10.1. The highest BCUT2D eigenvalue weighted by Crippen LogP contribution is 2.07. The fourth-order valence-electron chi connectivity index (χ4n) is 1.66. The summed E-state index contributed by atoms with van der Waals surface area (Å²) < 4.78 is 5.10. The number of hydrogen-bond donors (Lipinski definition) is 2. The Labute approximate surface area is 97.4 Å². The molecule has 3 heteroatoms. The number of hydrogen-bond acceptors (Lipinski definition) is 3. The maximum Gasteiger partial charge on any atom is 0.0616 e. The third kappa shape index (κ3) is 4.31. The molecule has 0 radical (unpaired) electrons. The van der Waals surface area contributed by atoms with Crippen molar-refractivity contribution < 1.29 is 9.84 Å². The summed E-state index contributed by atoms with van der Waals surface area (Å²) in [5, 5.41) is 12.3. The molecule has 0 aromatic heterocycles. The lowest BCUT2D eigenvalue weighted by atomic mass is 10.1. The molecule has 0 saturated carbocycles.